The smallest absolute Gasteiger partial charge is 0.243 e. The summed E-state index contributed by atoms with van der Waals surface area (Å²) in [7, 11) is 0. The number of rotatable bonds is 3. The van der Waals surface area contributed by atoms with Gasteiger partial charge in [0, 0.05) is 6.54 Å². The van der Waals surface area contributed by atoms with Gasteiger partial charge in [-0.1, -0.05) is 24.3 Å². The summed E-state index contributed by atoms with van der Waals surface area (Å²) in [5.41, 5.74) is 3.02. The number of nitrogens with zero attached hydrogens (tertiary/aromatic N) is 3. The molecule has 96 valence electrons. The van der Waals surface area contributed by atoms with Gasteiger partial charge in [0.1, 0.15) is 5.82 Å². The zero-order valence-corrected chi connectivity index (χ0v) is 10.5. The highest BCUT2D eigenvalue weighted by Crippen LogP contribution is 2.11. The zero-order valence-electron chi connectivity index (χ0n) is 10.5. The van der Waals surface area contributed by atoms with Crippen molar-refractivity contribution in [2.24, 2.45) is 0 Å². The molecule has 3 aromatic rings. The molecular weight excluding hydrogens is 243 g/mol. The zero-order chi connectivity index (χ0) is 13.2. The van der Waals surface area contributed by atoms with Gasteiger partial charge in [0.15, 0.2) is 5.65 Å². The van der Waals surface area contributed by atoms with Crippen LogP contribution in [0.2, 0.25) is 0 Å². The summed E-state index contributed by atoms with van der Waals surface area (Å²) in [4.78, 5) is 4.27. The Hall–Kier alpha value is -2.43. The van der Waals surface area contributed by atoms with Gasteiger partial charge in [0.05, 0.1) is 6.20 Å². The van der Waals surface area contributed by atoms with Crippen LogP contribution in [0.1, 0.15) is 11.1 Å². The molecule has 0 aliphatic heterocycles. The van der Waals surface area contributed by atoms with E-state index >= 15 is 0 Å². The molecule has 0 atom stereocenters. The Morgan fingerprint density at radius 1 is 1.21 bits per heavy atom. The van der Waals surface area contributed by atoms with Gasteiger partial charge in [-0.15, -0.1) is 5.10 Å². The third-order valence-electron chi connectivity index (χ3n) is 2.99. The summed E-state index contributed by atoms with van der Waals surface area (Å²) in [6.45, 7) is 2.70. The van der Waals surface area contributed by atoms with Crippen LogP contribution in [0.3, 0.4) is 0 Å². The highest BCUT2D eigenvalue weighted by molar-refractivity contribution is 5.43. The van der Waals surface area contributed by atoms with Crippen molar-refractivity contribution in [3.8, 4) is 0 Å². The van der Waals surface area contributed by atoms with Crippen LogP contribution >= 0.6 is 0 Å². The van der Waals surface area contributed by atoms with E-state index in [0.717, 1.165) is 0 Å². The quantitative estimate of drug-likeness (QED) is 0.783. The van der Waals surface area contributed by atoms with Gasteiger partial charge in [-0.2, -0.15) is 4.98 Å². The molecule has 3 rings (SSSR count). The van der Waals surface area contributed by atoms with Crippen molar-refractivity contribution in [2.75, 3.05) is 5.32 Å². The molecule has 0 aliphatic rings. The molecular formula is C14H13FN4. The van der Waals surface area contributed by atoms with Crippen LogP contribution in [0.15, 0.2) is 42.6 Å². The maximum Gasteiger partial charge on any atom is 0.243 e. The molecule has 0 spiro atoms. The molecule has 0 amide bonds. The van der Waals surface area contributed by atoms with Crippen LogP contribution in [0.4, 0.5) is 10.3 Å². The van der Waals surface area contributed by atoms with Crippen molar-refractivity contribution in [1.29, 1.82) is 0 Å². The summed E-state index contributed by atoms with van der Waals surface area (Å²) in [6, 6.07) is 11.1. The van der Waals surface area contributed by atoms with Crippen LogP contribution in [-0.4, -0.2) is 14.6 Å². The van der Waals surface area contributed by atoms with Gasteiger partial charge in [-0.25, -0.2) is 8.91 Å². The molecule has 0 unspecified atom stereocenters. The second-order valence-corrected chi connectivity index (χ2v) is 4.37. The third kappa shape index (κ3) is 2.40. The summed E-state index contributed by atoms with van der Waals surface area (Å²) in [5.74, 6) is 0.164. The largest absolute Gasteiger partial charge is 0.349 e. The Balaban J connectivity index is 1.80. The Kier molecular flexibility index (Phi) is 2.87. The minimum atomic E-state index is -0.331. The Labute approximate surface area is 109 Å². The van der Waals surface area contributed by atoms with E-state index in [9.17, 15) is 4.39 Å². The van der Waals surface area contributed by atoms with Gasteiger partial charge < -0.3 is 5.32 Å². The highest BCUT2D eigenvalue weighted by Gasteiger charge is 2.04. The molecule has 4 nitrogen and oxygen atoms in total. The summed E-state index contributed by atoms with van der Waals surface area (Å²) < 4.78 is 14.5. The minimum absolute atomic E-state index is 0.331. The lowest BCUT2D eigenvalue weighted by Crippen LogP contribution is -2.02. The molecule has 0 saturated carbocycles. The van der Waals surface area contributed by atoms with Crippen molar-refractivity contribution in [2.45, 2.75) is 13.5 Å². The van der Waals surface area contributed by atoms with Gasteiger partial charge in [-0.3, -0.25) is 0 Å². The summed E-state index contributed by atoms with van der Waals surface area (Å²) in [5, 5.41) is 7.32. The van der Waals surface area contributed by atoms with E-state index in [1.807, 2.05) is 12.1 Å². The fourth-order valence-electron chi connectivity index (χ4n) is 1.92. The molecule has 1 aromatic carbocycles. The highest BCUT2D eigenvalue weighted by atomic mass is 19.1. The molecule has 0 fully saturated rings. The summed E-state index contributed by atoms with van der Waals surface area (Å²) >= 11 is 0. The predicted octanol–water partition coefficient (Wildman–Crippen LogP) is 2.79. The number of aromatic nitrogens is 3. The van der Waals surface area contributed by atoms with Crippen LogP contribution < -0.4 is 5.32 Å². The Morgan fingerprint density at radius 3 is 2.89 bits per heavy atom. The lowest BCUT2D eigenvalue weighted by Gasteiger charge is -2.05. The second kappa shape index (κ2) is 4.68. The van der Waals surface area contributed by atoms with Crippen molar-refractivity contribution in [3.63, 3.8) is 0 Å². The lowest BCUT2D eigenvalue weighted by atomic mass is 10.1. The average Bonchev–Trinajstić information content (AvgIpc) is 2.79. The van der Waals surface area contributed by atoms with Crippen LogP contribution in [-0.2, 0) is 6.54 Å². The molecule has 2 aromatic heterocycles. The van der Waals surface area contributed by atoms with E-state index in [2.05, 4.69) is 34.5 Å². The molecule has 0 radical (unpaired) electrons. The van der Waals surface area contributed by atoms with Gasteiger partial charge >= 0.3 is 0 Å². The van der Waals surface area contributed by atoms with Crippen LogP contribution in [0.5, 0.6) is 0 Å². The number of halogens is 1. The number of benzene rings is 1. The van der Waals surface area contributed by atoms with Crippen molar-refractivity contribution in [1.82, 2.24) is 14.6 Å². The molecule has 5 heteroatoms. The maximum absolute atomic E-state index is 13.0. The van der Waals surface area contributed by atoms with Gasteiger partial charge in [0.2, 0.25) is 5.95 Å². The number of pyridine rings is 1. The monoisotopic (exact) mass is 256 g/mol. The molecule has 1 N–H and O–H groups in total. The molecule has 2 heterocycles. The molecule has 0 bridgehead atoms. The van der Waals surface area contributed by atoms with E-state index in [1.54, 1.807) is 6.07 Å². The minimum Gasteiger partial charge on any atom is -0.349 e. The first kappa shape index (κ1) is 11.6. The van der Waals surface area contributed by atoms with E-state index in [4.69, 9.17) is 0 Å². The maximum atomic E-state index is 13.0. The van der Waals surface area contributed by atoms with E-state index < -0.39 is 0 Å². The van der Waals surface area contributed by atoms with E-state index in [0.29, 0.717) is 18.1 Å². The first-order chi connectivity index (χ1) is 9.22. The van der Waals surface area contributed by atoms with Crippen molar-refractivity contribution >= 4 is 11.6 Å². The molecule has 0 saturated heterocycles. The Morgan fingerprint density at radius 2 is 2.05 bits per heavy atom. The van der Waals surface area contributed by atoms with Gasteiger partial charge in [-0.05, 0) is 30.2 Å². The second-order valence-electron chi connectivity index (χ2n) is 4.37. The van der Waals surface area contributed by atoms with E-state index in [1.165, 1.54) is 27.9 Å². The molecule has 19 heavy (non-hydrogen) atoms. The number of nitrogens with one attached hydrogen (secondary N) is 1. The molecule has 0 aliphatic carbocycles. The number of fused-ring (bicyclic) bond motifs is 1. The van der Waals surface area contributed by atoms with E-state index in [-0.39, 0.29) is 5.82 Å². The SMILES string of the molecule is Cc1ccccc1CNc1nc2ccc(F)cn2n1. The topological polar surface area (TPSA) is 42.2 Å². The Bertz CT molecular complexity index is 720. The van der Waals surface area contributed by atoms with Crippen LogP contribution in [0.25, 0.3) is 5.65 Å². The average molecular weight is 256 g/mol. The normalized spacial score (nSPS) is 10.8. The lowest BCUT2D eigenvalue weighted by molar-refractivity contribution is 0.615. The van der Waals surface area contributed by atoms with Crippen molar-refractivity contribution in [3.05, 3.63) is 59.5 Å². The van der Waals surface area contributed by atoms with Crippen molar-refractivity contribution < 1.29 is 4.39 Å². The van der Waals surface area contributed by atoms with Gasteiger partial charge in [0.25, 0.3) is 0 Å². The number of aryl methyl sites for hydroxylation is 1. The number of hydrogen-bond donors (Lipinski definition) is 1. The predicted molar refractivity (Wildman–Crippen MR) is 71.5 cm³/mol. The standard InChI is InChI=1S/C14H13FN4/c1-10-4-2-3-5-11(10)8-16-14-17-13-7-6-12(15)9-19(13)18-14/h2-7,9H,8H2,1H3,(H,16,18). The number of anilines is 1. The number of hydrogen-bond acceptors (Lipinski definition) is 3. The first-order valence-electron chi connectivity index (χ1n) is 6.03. The summed E-state index contributed by atoms with van der Waals surface area (Å²) in [6.07, 6.45) is 1.31. The fraction of sp³-hybridized carbons (Fsp3) is 0.143. The first-order valence-corrected chi connectivity index (χ1v) is 6.03. The third-order valence-corrected chi connectivity index (χ3v) is 2.99. The van der Waals surface area contributed by atoms with Crippen LogP contribution in [0, 0.1) is 12.7 Å². The fourth-order valence-corrected chi connectivity index (χ4v) is 1.92.